The molecule has 0 aliphatic heterocycles. The van der Waals surface area contributed by atoms with Gasteiger partial charge in [-0.3, -0.25) is 0 Å². The number of nitrogens with one attached hydrogen (secondary N) is 2. The highest BCUT2D eigenvalue weighted by Gasteiger charge is 2.23. The standard InChI is InChI=1S/C15H22N2O4/c1-4-11-7-5-6-8-12(11)21-9-16-15(20)17-13(10(2)3)14(18)19/h5-8,10,13H,4,9H2,1-3H3,(H,18,19)(H2,16,17,20). The molecular weight excluding hydrogens is 272 g/mol. The Morgan fingerprint density at radius 3 is 2.52 bits per heavy atom. The SMILES string of the molecule is CCc1ccccc1OCNC(=O)NC(C(=O)O)C(C)C. The number of hydrogen-bond acceptors (Lipinski definition) is 3. The lowest BCUT2D eigenvalue weighted by molar-refractivity contribution is -0.140. The summed E-state index contributed by atoms with van der Waals surface area (Å²) >= 11 is 0. The molecule has 1 unspecified atom stereocenters. The van der Waals surface area contributed by atoms with Gasteiger partial charge in [0.25, 0.3) is 0 Å². The molecule has 0 spiro atoms. The number of aliphatic carboxylic acids is 1. The van der Waals surface area contributed by atoms with Crippen LogP contribution in [0.2, 0.25) is 0 Å². The van der Waals surface area contributed by atoms with Crippen LogP contribution in [0.1, 0.15) is 26.3 Å². The van der Waals surface area contributed by atoms with Crippen molar-refractivity contribution >= 4 is 12.0 Å². The van der Waals surface area contributed by atoms with E-state index >= 15 is 0 Å². The van der Waals surface area contributed by atoms with E-state index in [1.165, 1.54) is 0 Å². The largest absolute Gasteiger partial charge is 0.480 e. The molecule has 6 heteroatoms. The maximum absolute atomic E-state index is 11.6. The molecule has 0 radical (unpaired) electrons. The predicted molar refractivity (Wildman–Crippen MR) is 79.2 cm³/mol. The number of ether oxygens (including phenoxy) is 1. The van der Waals surface area contributed by atoms with Crippen LogP contribution in [0.25, 0.3) is 0 Å². The first-order valence-corrected chi connectivity index (χ1v) is 6.93. The highest BCUT2D eigenvalue weighted by molar-refractivity contribution is 5.82. The summed E-state index contributed by atoms with van der Waals surface area (Å²) in [6.07, 6.45) is 0.830. The van der Waals surface area contributed by atoms with Crippen LogP contribution in [0.15, 0.2) is 24.3 Å². The van der Waals surface area contributed by atoms with E-state index < -0.39 is 18.0 Å². The molecule has 1 atom stereocenters. The lowest BCUT2D eigenvalue weighted by Crippen LogP contribution is -2.49. The van der Waals surface area contributed by atoms with Crippen LogP contribution in [0.4, 0.5) is 4.79 Å². The number of carboxylic acid groups (broad SMARTS) is 1. The Morgan fingerprint density at radius 1 is 1.29 bits per heavy atom. The van der Waals surface area contributed by atoms with Crippen LogP contribution in [-0.2, 0) is 11.2 Å². The van der Waals surface area contributed by atoms with Crippen molar-refractivity contribution in [3.63, 3.8) is 0 Å². The maximum atomic E-state index is 11.6. The third-order valence-electron chi connectivity index (χ3n) is 3.03. The molecule has 1 aromatic carbocycles. The molecule has 6 nitrogen and oxygen atoms in total. The molecule has 3 N–H and O–H groups in total. The van der Waals surface area contributed by atoms with Gasteiger partial charge in [-0.2, -0.15) is 0 Å². The first-order chi connectivity index (χ1) is 9.95. The second kappa shape index (κ2) is 8.14. The van der Waals surface area contributed by atoms with Gasteiger partial charge in [-0.25, -0.2) is 9.59 Å². The van der Waals surface area contributed by atoms with Gasteiger partial charge in [-0.1, -0.05) is 39.0 Å². The van der Waals surface area contributed by atoms with E-state index in [2.05, 4.69) is 10.6 Å². The Hall–Kier alpha value is -2.24. The number of para-hydroxylation sites is 1. The molecule has 0 saturated heterocycles. The zero-order valence-corrected chi connectivity index (χ0v) is 12.6. The minimum Gasteiger partial charge on any atom is -0.480 e. The number of carbonyl (C=O) groups is 2. The van der Waals surface area contributed by atoms with Crippen LogP contribution in [0, 0.1) is 5.92 Å². The van der Waals surface area contributed by atoms with Gasteiger partial charge in [-0.15, -0.1) is 0 Å². The van der Waals surface area contributed by atoms with Gasteiger partial charge < -0.3 is 20.5 Å². The molecule has 0 aliphatic carbocycles. The number of amides is 2. The summed E-state index contributed by atoms with van der Waals surface area (Å²) in [7, 11) is 0. The van der Waals surface area contributed by atoms with E-state index in [1.54, 1.807) is 13.8 Å². The van der Waals surface area contributed by atoms with Gasteiger partial charge in [0.1, 0.15) is 11.8 Å². The molecule has 0 heterocycles. The van der Waals surface area contributed by atoms with Crippen LogP contribution in [0.5, 0.6) is 5.75 Å². The zero-order chi connectivity index (χ0) is 15.8. The normalized spacial score (nSPS) is 11.8. The second-order valence-corrected chi connectivity index (χ2v) is 4.96. The molecule has 1 rings (SSSR count). The van der Waals surface area contributed by atoms with E-state index in [0.717, 1.165) is 12.0 Å². The fourth-order valence-corrected chi connectivity index (χ4v) is 1.82. The third-order valence-corrected chi connectivity index (χ3v) is 3.03. The van der Waals surface area contributed by atoms with Crippen molar-refractivity contribution in [1.29, 1.82) is 0 Å². The smallest absolute Gasteiger partial charge is 0.326 e. The minimum absolute atomic E-state index is 0.0206. The van der Waals surface area contributed by atoms with Gasteiger partial charge in [0.05, 0.1) is 0 Å². The number of carboxylic acids is 1. The number of carbonyl (C=O) groups excluding carboxylic acids is 1. The summed E-state index contributed by atoms with van der Waals surface area (Å²) in [5, 5.41) is 13.9. The second-order valence-electron chi connectivity index (χ2n) is 4.96. The van der Waals surface area contributed by atoms with E-state index in [4.69, 9.17) is 9.84 Å². The number of rotatable bonds is 7. The summed E-state index contributed by atoms with van der Waals surface area (Å²) in [6.45, 7) is 5.45. The van der Waals surface area contributed by atoms with E-state index in [1.807, 2.05) is 31.2 Å². The molecule has 21 heavy (non-hydrogen) atoms. The number of aryl methyl sites for hydroxylation is 1. The minimum atomic E-state index is -1.06. The van der Waals surface area contributed by atoms with E-state index in [-0.39, 0.29) is 12.6 Å². The first kappa shape index (κ1) is 16.8. The van der Waals surface area contributed by atoms with Crippen molar-refractivity contribution in [2.45, 2.75) is 33.2 Å². The van der Waals surface area contributed by atoms with Crippen molar-refractivity contribution in [2.75, 3.05) is 6.73 Å². The van der Waals surface area contributed by atoms with Crippen molar-refractivity contribution in [3.05, 3.63) is 29.8 Å². The summed E-state index contributed by atoms with van der Waals surface area (Å²) in [5.74, 6) is -0.550. The van der Waals surface area contributed by atoms with Gasteiger partial charge in [0, 0.05) is 0 Å². The Morgan fingerprint density at radius 2 is 1.95 bits per heavy atom. The Bertz CT molecular complexity index is 488. The van der Waals surface area contributed by atoms with Crippen molar-refractivity contribution in [1.82, 2.24) is 10.6 Å². The predicted octanol–water partition coefficient (Wildman–Crippen LogP) is 1.99. The number of hydrogen-bond donors (Lipinski definition) is 3. The Balaban J connectivity index is 2.45. The zero-order valence-electron chi connectivity index (χ0n) is 12.6. The maximum Gasteiger partial charge on any atom is 0.326 e. The monoisotopic (exact) mass is 294 g/mol. The third kappa shape index (κ3) is 5.33. The fourth-order valence-electron chi connectivity index (χ4n) is 1.82. The van der Waals surface area contributed by atoms with Gasteiger partial charge >= 0.3 is 12.0 Å². The van der Waals surface area contributed by atoms with Crippen LogP contribution >= 0.6 is 0 Å². The molecule has 0 bridgehead atoms. The number of urea groups is 1. The Kier molecular flexibility index (Phi) is 6.52. The van der Waals surface area contributed by atoms with Crippen LogP contribution in [-0.4, -0.2) is 29.9 Å². The van der Waals surface area contributed by atoms with Crippen LogP contribution in [0.3, 0.4) is 0 Å². The topological polar surface area (TPSA) is 87.7 Å². The molecule has 2 amide bonds. The average molecular weight is 294 g/mol. The molecule has 116 valence electrons. The van der Waals surface area contributed by atoms with Crippen molar-refractivity contribution in [2.24, 2.45) is 5.92 Å². The fraction of sp³-hybridized carbons (Fsp3) is 0.467. The van der Waals surface area contributed by atoms with Gasteiger partial charge in [0.2, 0.25) is 0 Å². The highest BCUT2D eigenvalue weighted by atomic mass is 16.5. The lowest BCUT2D eigenvalue weighted by atomic mass is 10.1. The van der Waals surface area contributed by atoms with Gasteiger partial charge in [0.15, 0.2) is 6.73 Å². The van der Waals surface area contributed by atoms with Crippen molar-refractivity contribution < 1.29 is 19.4 Å². The van der Waals surface area contributed by atoms with E-state index in [0.29, 0.717) is 5.75 Å². The first-order valence-electron chi connectivity index (χ1n) is 6.93. The summed E-state index contributed by atoms with van der Waals surface area (Å²) in [6, 6.07) is 6.07. The Labute approximate surface area is 124 Å². The average Bonchev–Trinajstić information content (AvgIpc) is 2.44. The summed E-state index contributed by atoms with van der Waals surface area (Å²) in [4.78, 5) is 22.6. The molecule has 0 aliphatic rings. The van der Waals surface area contributed by atoms with Crippen LogP contribution < -0.4 is 15.4 Å². The molecule has 1 aromatic rings. The molecule has 0 fully saturated rings. The summed E-state index contributed by atoms with van der Waals surface area (Å²) in [5.41, 5.74) is 1.05. The highest BCUT2D eigenvalue weighted by Crippen LogP contribution is 2.17. The summed E-state index contributed by atoms with van der Waals surface area (Å²) < 4.78 is 5.48. The molecule has 0 aromatic heterocycles. The van der Waals surface area contributed by atoms with E-state index in [9.17, 15) is 9.59 Å². The van der Waals surface area contributed by atoms with Crippen molar-refractivity contribution in [3.8, 4) is 5.75 Å². The molecular formula is C15H22N2O4. The number of benzene rings is 1. The van der Waals surface area contributed by atoms with Gasteiger partial charge in [-0.05, 0) is 24.0 Å². The molecule has 0 saturated carbocycles. The quantitative estimate of drug-likeness (QED) is 0.671. The lowest BCUT2D eigenvalue weighted by Gasteiger charge is -2.18.